The number of hydrogen-bond donors (Lipinski definition) is 1. The van der Waals surface area contributed by atoms with Crippen molar-refractivity contribution in [2.75, 3.05) is 21.3 Å². The highest BCUT2D eigenvalue weighted by atomic mass is 16.5. The van der Waals surface area contributed by atoms with Crippen molar-refractivity contribution in [2.24, 2.45) is 5.73 Å². The molecule has 1 unspecified atom stereocenters. The van der Waals surface area contributed by atoms with Crippen LogP contribution in [0.5, 0.6) is 17.2 Å². The number of hydrogen-bond acceptors (Lipinski definition) is 8. The Kier molecular flexibility index (Phi) is 4.81. The zero-order valence-electron chi connectivity index (χ0n) is 15.3. The van der Waals surface area contributed by atoms with E-state index in [-0.39, 0.29) is 22.8 Å². The van der Waals surface area contributed by atoms with Crippen LogP contribution >= 0.6 is 0 Å². The van der Waals surface area contributed by atoms with Crippen molar-refractivity contribution in [3.8, 4) is 17.2 Å². The number of rotatable bonds is 4. The van der Waals surface area contributed by atoms with Gasteiger partial charge >= 0.3 is 11.6 Å². The number of ether oxygens (including phenoxy) is 4. The quantitative estimate of drug-likeness (QED) is 0.808. The zero-order chi connectivity index (χ0) is 19.7. The van der Waals surface area contributed by atoms with Gasteiger partial charge in [-0.1, -0.05) is 6.07 Å². The van der Waals surface area contributed by atoms with Crippen molar-refractivity contribution in [3.63, 3.8) is 0 Å². The highest BCUT2D eigenvalue weighted by molar-refractivity contribution is 5.92. The Morgan fingerprint density at radius 2 is 1.81 bits per heavy atom. The number of aryl methyl sites for hydroxylation is 1. The zero-order valence-corrected chi connectivity index (χ0v) is 15.3. The summed E-state index contributed by atoms with van der Waals surface area (Å²) in [6.45, 7) is 1.62. The molecule has 8 nitrogen and oxygen atoms in total. The minimum atomic E-state index is -0.849. The maximum absolute atomic E-state index is 12.6. The van der Waals surface area contributed by atoms with Crippen molar-refractivity contribution in [1.82, 2.24) is 0 Å². The van der Waals surface area contributed by atoms with E-state index >= 15 is 0 Å². The molecule has 0 spiro atoms. The Bertz CT molecular complexity index is 990. The van der Waals surface area contributed by atoms with Crippen molar-refractivity contribution < 1.29 is 28.2 Å². The molecule has 2 N–H and O–H groups in total. The second-order valence-corrected chi connectivity index (χ2v) is 5.84. The predicted octanol–water partition coefficient (Wildman–Crippen LogP) is 1.83. The first-order chi connectivity index (χ1) is 12.9. The van der Waals surface area contributed by atoms with Crippen LogP contribution in [0.3, 0.4) is 0 Å². The first-order valence-corrected chi connectivity index (χ1v) is 8.03. The van der Waals surface area contributed by atoms with Gasteiger partial charge in [0.05, 0.1) is 32.8 Å². The van der Waals surface area contributed by atoms with E-state index in [4.69, 9.17) is 29.1 Å². The van der Waals surface area contributed by atoms with Crippen LogP contribution in [0, 0.1) is 6.92 Å². The van der Waals surface area contributed by atoms with E-state index in [0.29, 0.717) is 22.8 Å². The Morgan fingerprint density at radius 1 is 1.11 bits per heavy atom. The van der Waals surface area contributed by atoms with Gasteiger partial charge < -0.3 is 29.1 Å². The molecule has 0 radical (unpaired) electrons. The Hall–Kier alpha value is -3.42. The molecule has 1 aliphatic heterocycles. The monoisotopic (exact) mass is 373 g/mol. The molecule has 2 heterocycles. The summed E-state index contributed by atoms with van der Waals surface area (Å²) < 4.78 is 26.2. The predicted molar refractivity (Wildman–Crippen MR) is 95.0 cm³/mol. The molecule has 27 heavy (non-hydrogen) atoms. The summed E-state index contributed by atoms with van der Waals surface area (Å²) in [7, 11) is 4.22. The van der Waals surface area contributed by atoms with E-state index < -0.39 is 17.5 Å². The number of fused-ring (bicyclic) bond motifs is 1. The minimum absolute atomic E-state index is 0.00775. The third kappa shape index (κ3) is 3.10. The van der Waals surface area contributed by atoms with Crippen molar-refractivity contribution in [1.29, 1.82) is 0 Å². The SMILES string of the molecule is COC(=O)C1=C(N)Oc2cc(C)oc(=O)c2C1c1ccc(OC)c(OC)c1. The summed E-state index contributed by atoms with van der Waals surface area (Å²) in [5, 5.41) is 0. The molecule has 0 bridgehead atoms. The molecular weight excluding hydrogens is 354 g/mol. The van der Waals surface area contributed by atoms with Gasteiger partial charge in [-0.15, -0.1) is 0 Å². The van der Waals surface area contributed by atoms with Crippen molar-refractivity contribution >= 4 is 5.97 Å². The largest absolute Gasteiger partial charge is 0.493 e. The van der Waals surface area contributed by atoms with E-state index in [1.165, 1.54) is 21.3 Å². The second kappa shape index (κ2) is 7.06. The number of esters is 1. The Morgan fingerprint density at radius 3 is 2.44 bits per heavy atom. The second-order valence-electron chi connectivity index (χ2n) is 5.84. The van der Waals surface area contributed by atoms with Gasteiger partial charge in [0.25, 0.3) is 0 Å². The van der Waals surface area contributed by atoms with Gasteiger partial charge in [-0.2, -0.15) is 0 Å². The lowest BCUT2D eigenvalue weighted by molar-refractivity contribution is -0.136. The topological polar surface area (TPSA) is 110 Å². The number of benzene rings is 1. The normalized spacial score (nSPS) is 15.6. The van der Waals surface area contributed by atoms with E-state index in [1.54, 1.807) is 31.2 Å². The number of methoxy groups -OCH3 is 3. The molecule has 0 aliphatic carbocycles. The van der Waals surface area contributed by atoms with Gasteiger partial charge in [0.1, 0.15) is 17.1 Å². The van der Waals surface area contributed by atoms with E-state index in [1.807, 2.05) is 0 Å². The molecule has 8 heteroatoms. The first kappa shape index (κ1) is 18.4. The maximum Gasteiger partial charge on any atom is 0.343 e. The smallest absolute Gasteiger partial charge is 0.343 e. The average molecular weight is 373 g/mol. The lowest BCUT2D eigenvalue weighted by Gasteiger charge is -2.27. The molecule has 1 atom stereocenters. The van der Waals surface area contributed by atoms with E-state index in [2.05, 4.69) is 0 Å². The van der Waals surface area contributed by atoms with Gasteiger partial charge in [-0.25, -0.2) is 9.59 Å². The fourth-order valence-electron chi connectivity index (χ4n) is 3.09. The summed E-state index contributed by atoms with van der Waals surface area (Å²) in [6.07, 6.45) is 0. The van der Waals surface area contributed by atoms with Gasteiger partial charge in [0.2, 0.25) is 5.88 Å². The molecule has 0 saturated heterocycles. The van der Waals surface area contributed by atoms with Crippen LogP contribution in [0.1, 0.15) is 22.8 Å². The highest BCUT2D eigenvalue weighted by Gasteiger charge is 2.38. The van der Waals surface area contributed by atoms with Crippen molar-refractivity contribution in [3.05, 3.63) is 63.0 Å². The van der Waals surface area contributed by atoms with E-state index in [9.17, 15) is 9.59 Å². The molecular formula is C19H19NO7. The summed E-state index contributed by atoms with van der Waals surface area (Å²) in [5.41, 5.74) is 6.10. The third-order valence-electron chi connectivity index (χ3n) is 4.28. The van der Waals surface area contributed by atoms with Crippen LogP contribution in [0.4, 0.5) is 0 Å². The fourth-order valence-corrected chi connectivity index (χ4v) is 3.09. The van der Waals surface area contributed by atoms with Gasteiger partial charge in [-0.05, 0) is 24.6 Å². The molecule has 2 aromatic rings. The fraction of sp³-hybridized carbons (Fsp3) is 0.263. The van der Waals surface area contributed by atoms with Crippen LogP contribution in [-0.2, 0) is 9.53 Å². The Balaban J connectivity index is 2.30. The molecule has 0 fully saturated rings. The molecule has 142 valence electrons. The van der Waals surface area contributed by atoms with Crippen LogP contribution in [0.15, 0.2) is 44.9 Å². The van der Waals surface area contributed by atoms with Gasteiger partial charge in [-0.3, -0.25) is 0 Å². The molecule has 1 aromatic heterocycles. The number of nitrogens with two attached hydrogens (primary N) is 1. The molecule has 3 rings (SSSR count). The summed E-state index contributed by atoms with van der Waals surface area (Å²) in [4.78, 5) is 25.0. The third-order valence-corrected chi connectivity index (χ3v) is 4.28. The summed E-state index contributed by atoms with van der Waals surface area (Å²) >= 11 is 0. The first-order valence-electron chi connectivity index (χ1n) is 8.03. The number of carbonyl (C=O) groups is 1. The van der Waals surface area contributed by atoms with Crippen molar-refractivity contribution in [2.45, 2.75) is 12.8 Å². The van der Waals surface area contributed by atoms with E-state index in [0.717, 1.165) is 0 Å². The van der Waals surface area contributed by atoms with Crippen LogP contribution < -0.4 is 25.6 Å². The van der Waals surface area contributed by atoms with Gasteiger partial charge in [0, 0.05) is 6.07 Å². The number of carbonyl (C=O) groups excluding carboxylic acids is 1. The molecule has 0 amide bonds. The standard InChI is InChI=1S/C19H19NO7/c1-9-7-13-15(19(22)26-9)14(16(17(20)27-13)18(21)25-4)10-5-6-11(23-2)12(8-10)24-3/h5-8,14H,20H2,1-4H3. The van der Waals surface area contributed by atoms with Crippen LogP contribution in [-0.4, -0.2) is 27.3 Å². The molecule has 1 aliphatic rings. The summed E-state index contributed by atoms with van der Waals surface area (Å²) in [5.74, 6) is -0.175. The lowest BCUT2D eigenvalue weighted by Crippen LogP contribution is -2.30. The van der Waals surface area contributed by atoms with Crippen LogP contribution in [0.2, 0.25) is 0 Å². The molecule has 1 aromatic carbocycles. The highest BCUT2D eigenvalue weighted by Crippen LogP contribution is 2.43. The average Bonchev–Trinajstić information content (AvgIpc) is 2.65. The minimum Gasteiger partial charge on any atom is -0.493 e. The lowest BCUT2D eigenvalue weighted by atomic mass is 9.83. The summed E-state index contributed by atoms with van der Waals surface area (Å²) in [6, 6.07) is 6.58. The van der Waals surface area contributed by atoms with Gasteiger partial charge in [0.15, 0.2) is 11.5 Å². The maximum atomic E-state index is 12.6. The Labute approximate surface area is 155 Å². The molecule has 0 saturated carbocycles. The van der Waals surface area contributed by atoms with Crippen LogP contribution in [0.25, 0.3) is 0 Å².